The molecule has 0 aliphatic heterocycles. The van der Waals surface area contributed by atoms with Gasteiger partial charge in [0.15, 0.2) is 0 Å². The maximum absolute atomic E-state index is 6.40. The summed E-state index contributed by atoms with van der Waals surface area (Å²) >= 11 is 1.59. The van der Waals surface area contributed by atoms with Crippen LogP contribution >= 0.6 is 11.3 Å². The van der Waals surface area contributed by atoms with Crippen LogP contribution in [0.2, 0.25) is 0 Å². The highest BCUT2D eigenvalue weighted by atomic mass is 32.1. The van der Waals surface area contributed by atoms with Crippen LogP contribution in [0.3, 0.4) is 0 Å². The summed E-state index contributed by atoms with van der Waals surface area (Å²) in [6.45, 7) is 3.89. The molecule has 3 aromatic heterocycles. The highest BCUT2D eigenvalue weighted by Gasteiger charge is 2.18. The smallest absolute Gasteiger partial charge is 0.128 e. The van der Waals surface area contributed by atoms with E-state index in [9.17, 15) is 0 Å². The molecule has 3 heterocycles. The summed E-state index contributed by atoms with van der Waals surface area (Å²) in [5.74, 6) is 0.831. The third-order valence-electron chi connectivity index (χ3n) is 4.22. The van der Waals surface area contributed by atoms with Crippen LogP contribution in [0.15, 0.2) is 60.6 Å². The summed E-state index contributed by atoms with van der Waals surface area (Å²) in [5, 5.41) is 2.96. The number of methoxy groups -OCH3 is 1. The average molecular weight is 347 g/mol. The quantitative estimate of drug-likeness (QED) is 0.567. The molecule has 0 saturated carbocycles. The van der Waals surface area contributed by atoms with Crippen molar-refractivity contribution < 1.29 is 4.74 Å². The molecule has 0 saturated heterocycles. The highest BCUT2D eigenvalue weighted by Crippen LogP contribution is 2.39. The van der Waals surface area contributed by atoms with Gasteiger partial charge in [-0.2, -0.15) is 0 Å². The van der Waals surface area contributed by atoms with Crippen LogP contribution in [0.4, 0.5) is 5.69 Å². The van der Waals surface area contributed by atoms with Crippen molar-refractivity contribution in [2.24, 2.45) is 0 Å². The fourth-order valence-electron chi connectivity index (χ4n) is 2.97. The summed E-state index contributed by atoms with van der Waals surface area (Å²) < 4.78 is 7.26. The third kappa shape index (κ3) is 2.49. The minimum absolute atomic E-state index is 0.705. The number of pyridine rings is 1. The summed E-state index contributed by atoms with van der Waals surface area (Å²) in [6.07, 6.45) is 3.77. The van der Waals surface area contributed by atoms with Crippen molar-refractivity contribution in [2.45, 2.75) is 0 Å². The van der Waals surface area contributed by atoms with Gasteiger partial charge in [-0.3, -0.25) is 0 Å². The van der Waals surface area contributed by atoms with Crippen molar-refractivity contribution in [2.75, 3.05) is 12.8 Å². The van der Waals surface area contributed by atoms with Crippen LogP contribution < -0.4 is 10.5 Å². The molecule has 0 aliphatic carbocycles. The molecule has 0 atom stereocenters. The van der Waals surface area contributed by atoms with Gasteiger partial charge in [0.05, 0.1) is 35.3 Å². The standard InChI is InChI=1S/C20H17N3OS/c1-3-16-19(21)18(17-6-4-5-11-23(16)17)20-22-15(12-25-20)13-7-9-14(24-2)10-8-13/h3-12H,1,21H2,2H3. The fraction of sp³-hybridized carbons (Fsp3) is 0.0500. The monoisotopic (exact) mass is 347 g/mol. The molecule has 5 heteroatoms. The maximum atomic E-state index is 6.40. The molecule has 2 N–H and O–H groups in total. The Bertz CT molecular complexity index is 1060. The first-order valence-corrected chi connectivity index (χ1v) is 8.72. The summed E-state index contributed by atoms with van der Waals surface area (Å²) in [4.78, 5) is 4.81. The van der Waals surface area contributed by atoms with E-state index in [2.05, 4.69) is 12.0 Å². The molecular formula is C20H17N3OS. The van der Waals surface area contributed by atoms with E-state index in [4.69, 9.17) is 15.5 Å². The molecule has 0 spiro atoms. The molecule has 0 aliphatic rings. The molecule has 4 rings (SSSR count). The number of hydrogen-bond donors (Lipinski definition) is 1. The van der Waals surface area contributed by atoms with Gasteiger partial charge in [0.2, 0.25) is 0 Å². The fourth-order valence-corrected chi connectivity index (χ4v) is 3.86. The number of fused-ring (bicyclic) bond motifs is 1. The first-order chi connectivity index (χ1) is 12.2. The van der Waals surface area contributed by atoms with Crippen LogP contribution in [0.25, 0.3) is 33.4 Å². The zero-order valence-electron chi connectivity index (χ0n) is 13.8. The van der Waals surface area contributed by atoms with Crippen LogP contribution in [-0.4, -0.2) is 16.5 Å². The van der Waals surface area contributed by atoms with Gasteiger partial charge < -0.3 is 14.9 Å². The third-order valence-corrected chi connectivity index (χ3v) is 5.08. The SMILES string of the molecule is C=Cc1c(N)c(-c2nc(-c3ccc(OC)cc3)cs2)c2ccccn12. The molecule has 0 fully saturated rings. The number of thiazole rings is 1. The Morgan fingerprint density at radius 3 is 2.72 bits per heavy atom. The van der Waals surface area contributed by atoms with Gasteiger partial charge in [-0.15, -0.1) is 11.3 Å². The Hall–Kier alpha value is -3.05. The number of anilines is 1. The highest BCUT2D eigenvalue weighted by molar-refractivity contribution is 7.13. The first-order valence-electron chi connectivity index (χ1n) is 7.84. The summed E-state index contributed by atoms with van der Waals surface area (Å²) in [6, 6.07) is 13.9. The van der Waals surface area contributed by atoms with Gasteiger partial charge in [-0.25, -0.2) is 4.98 Å². The lowest BCUT2D eigenvalue weighted by molar-refractivity contribution is 0.415. The lowest BCUT2D eigenvalue weighted by Gasteiger charge is -2.01. The van der Waals surface area contributed by atoms with Crippen molar-refractivity contribution in [1.29, 1.82) is 0 Å². The molecular weight excluding hydrogens is 330 g/mol. The van der Waals surface area contributed by atoms with E-state index in [1.165, 1.54) is 0 Å². The number of nitrogens with zero attached hydrogens (tertiary/aromatic N) is 2. The number of nitrogen functional groups attached to an aromatic ring is 1. The normalized spacial score (nSPS) is 10.9. The van der Waals surface area contributed by atoms with Crippen molar-refractivity contribution in [1.82, 2.24) is 9.38 Å². The molecule has 0 bridgehead atoms. The molecule has 0 unspecified atom stereocenters. The topological polar surface area (TPSA) is 52.5 Å². The van der Waals surface area contributed by atoms with Crippen LogP contribution in [0.5, 0.6) is 5.75 Å². The maximum Gasteiger partial charge on any atom is 0.128 e. The van der Waals surface area contributed by atoms with E-state index >= 15 is 0 Å². The molecule has 4 nitrogen and oxygen atoms in total. The van der Waals surface area contributed by atoms with Gasteiger partial charge in [0.1, 0.15) is 10.8 Å². The van der Waals surface area contributed by atoms with E-state index in [0.29, 0.717) is 5.69 Å². The summed E-state index contributed by atoms with van der Waals surface area (Å²) in [7, 11) is 1.66. The van der Waals surface area contributed by atoms with E-state index in [0.717, 1.165) is 38.8 Å². The molecule has 1 aromatic carbocycles. The summed E-state index contributed by atoms with van der Waals surface area (Å²) in [5.41, 5.74) is 12.0. The van der Waals surface area contributed by atoms with E-state index in [1.54, 1.807) is 24.5 Å². The molecule has 0 amide bonds. The van der Waals surface area contributed by atoms with Gasteiger partial charge >= 0.3 is 0 Å². The number of nitrogens with two attached hydrogens (primary N) is 1. The predicted molar refractivity (Wildman–Crippen MR) is 105 cm³/mol. The van der Waals surface area contributed by atoms with E-state index in [1.807, 2.05) is 53.1 Å². The number of benzene rings is 1. The van der Waals surface area contributed by atoms with Gasteiger partial charge in [-0.1, -0.05) is 12.6 Å². The van der Waals surface area contributed by atoms with Crippen molar-refractivity contribution in [3.05, 3.63) is 66.3 Å². The molecule has 0 radical (unpaired) electrons. The molecule has 25 heavy (non-hydrogen) atoms. The second-order valence-corrected chi connectivity index (χ2v) is 6.46. The van der Waals surface area contributed by atoms with Crippen molar-refractivity contribution in [3.8, 4) is 27.6 Å². The number of ether oxygens (including phenoxy) is 1. The minimum Gasteiger partial charge on any atom is -0.497 e. The zero-order chi connectivity index (χ0) is 17.4. The molecule has 4 aromatic rings. The average Bonchev–Trinajstić information content (AvgIpc) is 3.23. The van der Waals surface area contributed by atoms with Crippen molar-refractivity contribution in [3.63, 3.8) is 0 Å². The second-order valence-electron chi connectivity index (χ2n) is 5.60. The predicted octanol–water partition coefficient (Wildman–Crippen LogP) is 4.96. The second kappa shape index (κ2) is 6.11. The van der Waals surface area contributed by atoms with Gasteiger partial charge in [0.25, 0.3) is 0 Å². The number of rotatable bonds is 4. The lowest BCUT2D eigenvalue weighted by atomic mass is 10.1. The Morgan fingerprint density at radius 2 is 2.00 bits per heavy atom. The number of aromatic nitrogens is 2. The first kappa shape index (κ1) is 15.5. The Balaban J connectivity index is 1.84. The lowest BCUT2D eigenvalue weighted by Crippen LogP contribution is -1.89. The zero-order valence-corrected chi connectivity index (χ0v) is 14.6. The Morgan fingerprint density at radius 1 is 1.20 bits per heavy atom. The van der Waals surface area contributed by atoms with Crippen LogP contribution in [0, 0.1) is 0 Å². The Kier molecular flexibility index (Phi) is 3.78. The largest absolute Gasteiger partial charge is 0.497 e. The minimum atomic E-state index is 0.705. The van der Waals surface area contributed by atoms with E-state index in [-0.39, 0.29) is 0 Å². The Labute approximate surface area is 149 Å². The number of hydrogen-bond acceptors (Lipinski definition) is 4. The van der Waals surface area contributed by atoms with Crippen LogP contribution in [0.1, 0.15) is 5.69 Å². The molecule has 124 valence electrons. The van der Waals surface area contributed by atoms with Crippen LogP contribution in [-0.2, 0) is 0 Å². The van der Waals surface area contributed by atoms with Crippen molar-refractivity contribution >= 4 is 28.6 Å². The van der Waals surface area contributed by atoms with E-state index < -0.39 is 0 Å². The van der Waals surface area contributed by atoms with Gasteiger partial charge in [0, 0.05) is 17.1 Å². The van der Waals surface area contributed by atoms with Gasteiger partial charge in [-0.05, 0) is 42.5 Å².